The Balaban J connectivity index is 1.53. The minimum absolute atomic E-state index is 0.0103. The molecule has 332 valence electrons. The van der Waals surface area contributed by atoms with Crippen molar-refractivity contribution in [2.24, 2.45) is 22.9 Å². The number of Topliss-reactive ketones (excluding diaryl/α,β-unsaturated/α-hetero) is 1. The number of esters is 1. The molecule has 1 amide bonds. The van der Waals surface area contributed by atoms with E-state index < -0.39 is 71.4 Å². The average molecular weight is 858 g/mol. The number of ketones is 1. The maximum Gasteiger partial charge on any atom is 0.316 e. The molecule has 0 aromatic carbocycles. The lowest BCUT2D eigenvalue weighted by molar-refractivity contribution is -0.296. The number of hydrogen-bond acceptors (Lipinski definition) is 16. The molecule has 5 rings (SSSR count). The van der Waals surface area contributed by atoms with Gasteiger partial charge in [-0.15, -0.1) is 11.3 Å². The van der Waals surface area contributed by atoms with Crippen LogP contribution in [0.1, 0.15) is 86.0 Å². The van der Waals surface area contributed by atoms with E-state index in [4.69, 9.17) is 28.5 Å². The van der Waals surface area contributed by atoms with Gasteiger partial charge >= 0.3 is 5.97 Å². The summed E-state index contributed by atoms with van der Waals surface area (Å²) < 4.78 is 32.1. The van der Waals surface area contributed by atoms with Gasteiger partial charge in [-0.05, 0) is 91.2 Å². The molecule has 60 heavy (non-hydrogen) atoms. The number of oxime groups is 1. The molecule has 3 fully saturated rings. The molecule has 0 unspecified atom stereocenters. The molecule has 0 aliphatic carbocycles. The van der Waals surface area contributed by atoms with Gasteiger partial charge in [-0.1, -0.05) is 32.0 Å². The second-order valence-corrected chi connectivity index (χ2v) is 18.3. The van der Waals surface area contributed by atoms with Crippen LogP contribution in [0.2, 0.25) is 0 Å². The number of likely N-dealkylation sites (N-methyl/N-ethyl adjacent to an activating group) is 1. The predicted molar refractivity (Wildman–Crippen MR) is 226 cm³/mol. The molecule has 0 saturated carbocycles. The number of rotatable bonds is 9. The zero-order valence-electron chi connectivity index (χ0n) is 36.4. The lowest BCUT2D eigenvalue weighted by atomic mass is 9.76. The fourth-order valence-corrected chi connectivity index (χ4v) is 9.16. The van der Waals surface area contributed by atoms with E-state index in [1.807, 2.05) is 57.1 Å². The lowest BCUT2D eigenvalue weighted by Gasteiger charge is -2.47. The van der Waals surface area contributed by atoms with Gasteiger partial charge in [-0.25, -0.2) is 4.98 Å². The number of nitrogens with one attached hydrogen (secondary N) is 2. The molecule has 16 nitrogen and oxygen atoms in total. The van der Waals surface area contributed by atoms with Crippen molar-refractivity contribution in [3.8, 4) is 10.6 Å². The van der Waals surface area contributed by atoms with E-state index in [2.05, 4.69) is 15.5 Å². The number of aliphatic hydroxyl groups is 2. The number of aromatic nitrogens is 1. The van der Waals surface area contributed by atoms with Crippen molar-refractivity contribution in [1.29, 1.82) is 5.41 Å². The number of hydrogen-bond donors (Lipinski definition) is 4. The van der Waals surface area contributed by atoms with Crippen molar-refractivity contribution < 1.29 is 53.1 Å². The molecule has 3 aliphatic heterocycles. The summed E-state index contributed by atoms with van der Waals surface area (Å²) in [5.74, 6) is -3.77. The summed E-state index contributed by atoms with van der Waals surface area (Å²) in [7, 11) is 3.74. The van der Waals surface area contributed by atoms with Crippen LogP contribution in [0.3, 0.4) is 0 Å². The van der Waals surface area contributed by atoms with Crippen molar-refractivity contribution >= 4 is 46.2 Å². The number of ether oxygens (including phenoxy) is 5. The molecule has 2 bridgehead atoms. The number of aliphatic hydroxyl groups excluding tert-OH is 1. The number of pyridine rings is 1. The normalized spacial score (nSPS) is 35.6. The predicted octanol–water partition coefficient (Wildman–Crippen LogP) is 4.99. The van der Waals surface area contributed by atoms with Crippen LogP contribution in [0.25, 0.3) is 10.6 Å². The van der Waals surface area contributed by atoms with Crippen LogP contribution in [0.5, 0.6) is 0 Å². The minimum atomic E-state index is -1.78. The van der Waals surface area contributed by atoms with Crippen LogP contribution in [0.15, 0.2) is 35.5 Å². The van der Waals surface area contributed by atoms with Gasteiger partial charge in [0.15, 0.2) is 18.7 Å². The standard InChI is InChI=1S/C43H63N5O11S/c1-11-34-43(8,53)35-18-30(44)23(2)19-42(7,39(25(4)37(50)26(5)40(52)58-34)59-41-38(51)32(48(9)10)17-24(3)57-41)55-21-28(20-54-35)47-56-22-29-15-16-33(60-29)31-13-12-14-36(46-31)45-27(6)49/h12-16,23-26,32,34-35,38-39,41,44,51,53H,11,17-22H2,1-10H3,(H,45,46,49)/b44-30?,47-28-/t23-,24-,25+,26-,32+,34+,35+,38-,39-,41+,42-,43-/m1/s1. The van der Waals surface area contributed by atoms with Crippen molar-refractivity contribution in [3.63, 3.8) is 0 Å². The van der Waals surface area contributed by atoms with E-state index in [-0.39, 0.29) is 62.8 Å². The molecule has 12 atom stereocenters. The summed E-state index contributed by atoms with van der Waals surface area (Å²) >= 11 is 1.45. The molecule has 5 heterocycles. The van der Waals surface area contributed by atoms with Crippen LogP contribution in [-0.4, -0.2) is 131 Å². The van der Waals surface area contributed by atoms with Gasteiger partial charge in [0, 0.05) is 35.9 Å². The third-order valence-electron chi connectivity index (χ3n) is 11.9. The molecule has 3 saturated heterocycles. The topological polar surface area (TPSA) is 211 Å². The Hall–Kier alpha value is -3.68. The summed E-state index contributed by atoms with van der Waals surface area (Å²) in [6.45, 7) is 13.1. The van der Waals surface area contributed by atoms with Gasteiger partial charge in [-0.2, -0.15) is 0 Å². The average Bonchev–Trinajstić information content (AvgIpc) is 3.66. The Labute approximate surface area is 356 Å². The largest absolute Gasteiger partial charge is 0.459 e. The number of fused-ring (bicyclic) bond motifs is 5. The van der Waals surface area contributed by atoms with E-state index >= 15 is 0 Å². The Morgan fingerprint density at radius 3 is 2.55 bits per heavy atom. The minimum Gasteiger partial charge on any atom is -0.459 e. The number of carbonyl (C=O) groups is 3. The van der Waals surface area contributed by atoms with Gasteiger partial charge in [0.2, 0.25) is 5.91 Å². The zero-order valence-corrected chi connectivity index (χ0v) is 37.2. The van der Waals surface area contributed by atoms with Gasteiger partial charge in [-0.3, -0.25) is 14.4 Å². The summed E-state index contributed by atoms with van der Waals surface area (Å²) in [6.07, 6.45) is -4.82. The van der Waals surface area contributed by atoms with Crippen molar-refractivity contribution in [2.45, 2.75) is 142 Å². The van der Waals surface area contributed by atoms with Crippen molar-refractivity contribution in [3.05, 3.63) is 35.2 Å². The molecule has 0 spiro atoms. The molecule has 4 N–H and O–H groups in total. The third kappa shape index (κ3) is 11.2. The quantitative estimate of drug-likeness (QED) is 0.149. The summed E-state index contributed by atoms with van der Waals surface area (Å²) in [4.78, 5) is 53.7. The second-order valence-electron chi connectivity index (χ2n) is 17.1. The molecule has 0 radical (unpaired) electrons. The Morgan fingerprint density at radius 1 is 1.13 bits per heavy atom. The van der Waals surface area contributed by atoms with Gasteiger partial charge < -0.3 is 54.4 Å². The maximum absolute atomic E-state index is 14.4. The first-order valence-electron chi connectivity index (χ1n) is 20.7. The van der Waals surface area contributed by atoms with Crippen molar-refractivity contribution in [2.75, 3.05) is 32.6 Å². The monoisotopic (exact) mass is 857 g/mol. The highest BCUT2D eigenvalue weighted by Crippen LogP contribution is 2.39. The Kier molecular flexibility index (Phi) is 15.8. The highest BCUT2D eigenvalue weighted by molar-refractivity contribution is 7.15. The van der Waals surface area contributed by atoms with E-state index in [0.717, 1.165) is 9.75 Å². The van der Waals surface area contributed by atoms with E-state index in [0.29, 0.717) is 23.6 Å². The fraction of sp³-hybridized carbons (Fsp3) is 0.674. The lowest BCUT2D eigenvalue weighted by Crippen LogP contribution is -2.59. The van der Waals surface area contributed by atoms with Crippen LogP contribution < -0.4 is 5.32 Å². The molecule has 2 aromatic heterocycles. The first-order chi connectivity index (χ1) is 28.2. The van der Waals surface area contributed by atoms with Gasteiger partial charge in [0.25, 0.3) is 0 Å². The number of amides is 1. The van der Waals surface area contributed by atoms with Crippen molar-refractivity contribution in [1.82, 2.24) is 9.88 Å². The van der Waals surface area contributed by atoms with Gasteiger partial charge in [0.1, 0.15) is 35.3 Å². The first kappa shape index (κ1) is 47.4. The first-order valence-corrected chi connectivity index (χ1v) is 21.5. The van der Waals surface area contributed by atoms with E-state index in [9.17, 15) is 30.0 Å². The van der Waals surface area contributed by atoms with E-state index in [1.165, 1.54) is 32.1 Å². The Bertz CT molecular complexity index is 1870. The zero-order chi connectivity index (χ0) is 44.1. The molecular weight excluding hydrogens is 795 g/mol. The molecule has 17 heteroatoms. The van der Waals surface area contributed by atoms with Crippen LogP contribution in [-0.2, 0) is 49.5 Å². The molecule has 2 aromatic rings. The Morgan fingerprint density at radius 2 is 1.87 bits per heavy atom. The highest BCUT2D eigenvalue weighted by atomic mass is 32.1. The fourth-order valence-electron chi connectivity index (χ4n) is 8.28. The second kappa shape index (κ2) is 20.0. The summed E-state index contributed by atoms with van der Waals surface area (Å²) in [6, 6.07) is 8.87. The van der Waals surface area contributed by atoms with Gasteiger partial charge in [0.05, 0.1) is 47.7 Å². The number of cyclic esters (lactones) is 1. The smallest absolute Gasteiger partial charge is 0.316 e. The summed E-state index contributed by atoms with van der Waals surface area (Å²) in [5, 5.41) is 40.1. The van der Waals surface area contributed by atoms with Crippen LogP contribution >= 0.6 is 11.3 Å². The maximum atomic E-state index is 14.4. The number of nitrogens with zero attached hydrogens (tertiary/aromatic N) is 3. The van der Waals surface area contributed by atoms with E-state index in [1.54, 1.807) is 26.8 Å². The molecular formula is C43H63N5O11S. The molecule has 3 aliphatic rings. The SMILES string of the molecule is CC[C@@H]1OC(=O)[C@H](C)C(=O)[C@H](C)[C@@H](O[C@@H]2O[C@H](C)C[C@H](N(C)C)[C@H]2O)[C@@]2(C)C[C@@H](C)C(=N)C[C@H](OC/C(=N/OCc3ccc(-c4cccc(NC(C)=O)n4)s3)CO2)[C@]1(C)O. The number of anilines is 1. The third-order valence-corrected chi connectivity index (χ3v) is 13.0. The van der Waals surface area contributed by atoms with Crippen LogP contribution in [0, 0.1) is 23.2 Å². The number of carbonyl (C=O) groups excluding carboxylic acids is 3. The van der Waals surface area contributed by atoms with Crippen LogP contribution in [0.4, 0.5) is 5.82 Å². The summed E-state index contributed by atoms with van der Waals surface area (Å²) in [5.41, 5.74) is -1.88. The highest BCUT2D eigenvalue weighted by Gasteiger charge is 2.51. The number of thiophene rings is 1.